The highest BCUT2D eigenvalue weighted by Gasteiger charge is 2.53. The Kier molecular flexibility index (Phi) is 2.08. The summed E-state index contributed by atoms with van der Waals surface area (Å²) in [6.45, 7) is 0. The van der Waals surface area contributed by atoms with Crippen LogP contribution in [-0.4, -0.2) is 10.7 Å². The molecule has 72 valence electrons. The fourth-order valence-electron chi connectivity index (χ4n) is 3.10. The van der Waals surface area contributed by atoms with E-state index in [4.69, 9.17) is 0 Å². The average Bonchev–Trinajstić information content (AvgIpc) is 2.73. The monoisotopic (exact) mass is 179 g/mol. The van der Waals surface area contributed by atoms with Crippen molar-refractivity contribution in [3.05, 3.63) is 0 Å². The molecule has 2 aliphatic rings. The SMILES string of the molecule is N#CC1(C2(O)CCCC2)CCCC1. The molecule has 0 spiro atoms. The van der Waals surface area contributed by atoms with Gasteiger partial charge in [0, 0.05) is 0 Å². The van der Waals surface area contributed by atoms with E-state index >= 15 is 0 Å². The first-order chi connectivity index (χ1) is 6.22. The molecule has 0 aromatic carbocycles. The molecule has 2 fully saturated rings. The predicted molar refractivity (Wildman–Crippen MR) is 49.9 cm³/mol. The van der Waals surface area contributed by atoms with Gasteiger partial charge in [-0.2, -0.15) is 5.26 Å². The summed E-state index contributed by atoms with van der Waals surface area (Å²) in [6.07, 6.45) is 7.97. The molecule has 0 aromatic heterocycles. The Morgan fingerprint density at radius 1 is 0.923 bits per heavy atom. The Morgan fingerprint density at radius 2 is 1.38 bits per heavy atom. The van der Waals surface area contributed by atoms with E-state index in [1.807, 2.05) is 0 Å². The van der Waals surface area contributed by atoms with Gasteiger partial charge < -0.3 is 5.11 Å². The number of hydrogen-bond donors (Lipinski definition) is 1. The fourth-order valence-corrected chi connectivity index (χ4v) is 3.10. The van der Waals surface area contributed by atoms with E-state index in [9.17, 15) is 10.4 Å². The first-order valence-electron chi connectivity index (χ1n) is 5.36. The van der Waals surface area contributed by atoms with Crippen LogP contribution in [0.3, 0.4) is 0 Å². The number of hydrogen-bond acceptors (Lipinski definition) is 2. The molecule has 0 aliphatic heterocycles. The summed E-state index contributed by atoms with van der Waals surface area (Å²) in [5.41, 5.74) is -1.03. The first-order valence-corrected chi connectivity index (χ1v) is 5.36. The van der Waals surface area contributed by atoms with Crippen molar-refractivity contribution >= 4 is 0 Å². The van der Waals surface area contributed by atoms with Gasteiger partial charge in [0.05, 0.1) is 17.1 Å². The van der Waals surface area contributed by atoms with Gasteiger partial charge in [0.1, 0.15) is 0 Å². The molecule has 13 heavy (non-hydrogen) atoms. The van der Waals surface area contributed by atoms with Crippen LogP contribution in [0.5, 0.6) is 0 Å². The van der Waals surface area contributed by atoms with E-state index < -0.39 is 5.60 Å². The van der Waals surface area contributed by atoms with Crippen molar-refractivity contribution in [3.8, 4) is 6.07 Å². The van der Waals surface area contributed by atoms with Crippen LogP contribution in [0.15, 0.2) is 0 Å². The van der Waals surface area contributed by atoms with Crippen molar-refractivity contribution < 1.29 is 5.11 Å². The molecular weight excluding hydrogens is 162 g/mol. The van der Waals surface area contributed by atoms with Crippen LogP contribution < -0.4 is 0 Å². The minimum Gasteiger partial charge on any atom is -0.388 e. The van der Waals surface area contributed by atoms with Crippen LogP contribution in [0.25, 0.3) is 0 Å². The maximum absolute atomic E-state index is 10.4. The van der Waals surface area contributed by atoms with E-state index in [0.717, 1.165) is 51.4 Å². The largest absolute Gasteiger partial charge is 0.388 e. The molecule has 0 saturated heterocycles. The summed E-state index contributed by atoms with van der Waals surface area (Å²) < 4.78 is 0. The quantitative estimate of drug-likeness (QED) is 0.671. The van der Waals surface area contributed by atoms with Gasteiger partial charge in [-0.3, -0.25) is 0 Å². The fraction of sp³-hybridized carbons (Fsp3) is 0.909. The molecule has 0 radical (unpaired) electrons. The lowest BCUT2D eigenvalue weighted by molar-refractivity contribution is -0.0466. The zero-order chi connectivity index (χ0) is 9.36. The van der Waals surface area contributed by atoms with E-state index in [1.54, 1.807) is 0 Å². The summed E-state index contributed by atoms with van der Waals surface area (Å²) >= 11 is 0. The maximum Gasteiger partial charge on any atom is 0.0860 e. The number of aliphatic hydroxyl groups is 1. The highest BCUT2D eigenvalue weighted by Crippen LogP contribution is 2.52. The molecule has 1 N–H and O–H groups in total. The molecule has 0 aromatic rings. The lowest BCUT2D eigenvalue weighted by Crippen LogP contribution is -2.43. The van der Waals surface area contributed by atoms with Crippen molar-refractivity contribution in [1.29, 1.82) is 5.26 Å². The lowest BCUT2D eigenvalue weighted by atomic mass is 9.70. The Bertz CT molecular complexity index is 229. The standard InChI is InChI=1S/C11H17NO/c12-9-10(5-1-2-6-10)11(13)7-3-4-8-11/h13H,1-8H2. The Labute approximate surface area is 79.6 Å². The van der Waals surface area contributed by atoms with Crippen molar-refractivity contribution in [2.24, 2.45) is 5.41 Å². The normalized spacial score (nSPS) is 30.2. The molecule has 2 rings (SSSR count). The Balaban J connectivity index is 2.25. The molecular formula is C11H17NO. The number of rotatable bonds is 1. The van der Waals surface area contributed by atoms with Crippen LogP contribution in [0, 0.1) is 16.7 Å². The highest BCUT2D eigenvalue weighted by atomic mass is 16.3. The molecule has 0 unspecified atom stereocenters. The third-order valence-electron chi connectivity index (χ3n) is 3.99. The van der Waals surface area contributed by atoms with Crippen molar-refractivity contribution in [1.82, 2.24) is 0 Å². The van der Waals surface area contributed by atoms with Crippen molar-refractivity contribution in [3.63, 3.8) is 0 Å². The summed E-state index contributed by atoms with van der Waals surface area (Å²) in [4.78, 5) is 0. The molecule has 2 aliphatic carbocycles. The van der Waals surface area contributed by atoms with Gasteiger partial charge in [-0.15, -0.1) is 0 Å². The Hall–Kier alpha value is -0.550. The smallest absolute Gasteiger partial charge is 0.0860 e. The van der Waals surface area contributed by atoms with E-state index in [-0.39, 0.29) is 5.41 Å². The molecule has 0 amide bonds. The molecule has 2 heteroatoms. The molecule has 2 nitrogen and oxygen atoms in total. The average molecular weight is 179 g/mol. The van der Waals surface area contributed by atoms with Crippen molar-refractivity contribution in [2.75, 3.05) is 0 Å². The maximum atomic E-state index is 10.4. The molecule has 2 saturated carbocycles. The van der Waals surface area contributed by atoms with Gasteiger partial charge >= 0.3 is 0 Å². The zero-order valence-corrected chi connectivity index (χ0v) is 8.05. The van der Waals surface area contributed by atoms with Crippen LogP contribution in [0.2, 0.25) is 0 Å². The molecule has 0 heterocycles. The van der Waals surface area contributed by atoms with Gasteiger partial charge in [-0.05, 0) is 25.7 Å². The second kappa shape index (κ2) is 2.99. The van der Waals surface area contributed by atoms with E-state index in [1.165, 1.54) is 0 Å². The summed E-state index contributed by atoms with van der Waals surface area (Å²) in [7, 11) is 0. The zero-order valence-electron chi connectivity index (χ0n) is 8.05. The third-order valence-corrected chi connectivity index (χ3v) is 3.99. The molecule has 0 atom stereocenters. The summed E-state index contributed by atoms with van der Waals surface area (Å²) in [6, 6.07) is 2.41. The van der Waals surface area contributed by atoms with Gasteiger partial charge in [0.15, 0.2) is 0 Å². The van der Waals surface area contributed by atoms with E-state index in [2.05, 4.69) is 6.07 Å². The van der Waals surface area contributed by atoms with Crippen LogP contribution in [0.1, 0.15) is 51.4 Å². The highest BCUT2D eigenvalue weighted by molar-refractivity contribution is 5.14. The summed E-state index contributed by atoms with van der Waals surface area (Å²) in [5.74, 6) is 0. The first kappa shape index (κ1) is 9.02. The predicted octanol–water partition coefficient (Wildman–Crippen LogP) is 2.38. The van der Waals surface area contributed by atoms with Crippen LogP contribution in [-0.2, 0) is 0 Å². The molecule has 0 bridgehead atoms. The Morgan fingerprint density at radius 3 is 1.85 bits per heavy atom. The second-order valence-electron chi connectivity index (χ2n) is 4.64. The second-order valence-corrected chi connectivity index (χ2v) is 4.64. The lowest BCUT2D eigenvalue weighted by Gasteiger charge is -2.37. The number of nitrogens with zero attached hydrogens (tertiary/aromatic N) is 1. The minimum atomic E-state index is -0.641. The number of nitriles is 1. The van der Waals surface area contributed by atoms with Crippen molar-refractivity contribution in [2.45, 2.75) is 57.0 Å². The van der Waals surface area contributed by atoms with E-state index in [0.29, 0.717) is 0 Å². The topological polar surface area (TPSA) is 44.0 Å². The van der Waals surface area contributed by atoms with Gasteiger partial charge in [0.25, 0.3) is 0 Å². The van der Waals surface area contributed by atoms with Gasteiger partial charge in [-0.25, -0.2) is 0 Å². The van der Waals surface area contributed by atoms with Gasteiger partial charge in [0.2, 0.25) is 0 Å². The van der Waals surface area contributed by atoms with Crippen LogP contribution in [0.4, 0.5) is 0 Å². The van der Waals surface area contributed by atoms with Crippen LogP contribution >= 0.6 is 0 Å². The summed E-state index contributed by atoms with van der Waals surface area (Å²) in [5, 5.41) is 19.7. The third kappa shape index (κ3) is 1.18. The minimum absolute atomic E-state index is 0.385. The van der Waals surface area contributed by atoms with Gasteiger partial charge in [-0.1, -0.05) is 25.7 Å².